The van der Waals surface area contributed by atoms with E-state index in [9.17, 15) is 0 Å². The van der Waals surface area contributed by atoms with Crippen LogP contribution in [0.3, 0.4) is 0 Å². The first-order chi connectivity index (χ1) is 9.22. The fourth-order valence-corrected chi connectivity index (χ4v) is 3.30. The maximum Gasteiger partial charge on any atom is 0.192 e. The van der Waals surface area contributed by atoms with Crippen molar-refractivity contribution < 1.29 is 4.43 Å². The van der Waals surface area contributed by atoms with E-state index in [2.05, 4.69) is 76.0 Å². The molecule has 1 aliphatic heterocycles. The maximum atomic E-state index is 6.35. The highest BCUT2D eigenvalue weighted by Gasteiger charge is 2.46. The Balaban J connectivity index is 1.84. The third-order valence-corrected chi connectivity index (χ3v) is 9.55. The van der Waals surface area contributed by atoms with Crippen molar-refractivity contribution in [3.63, 3.8) is 0 Å². The van der Waals surface area contributed by atoms with Gasteiger partial charge in [-0.15, -0.1) is 0 Å². The summed E-state index contributed by atoms with van der Waals surface area (Å²) in [4.78, 5) is 2.53. The molecule has 3 atom stereocenters. The molecule has 1 aliphatic rings. The average Bonchev–Trinajstić information content (AvgIpc) is 2.96. The monoisotopic (exact) mass is 291 g/mol. The van der Waals surface area contributed by atoms with E-state index in [1.165, 1.54) is 5.56 Å². The van der Waals surface area contributed by atoms with E-state index in [0.717, 1.165) is 13.2 Å². The van der Waals surface area contributed by atoms with Gasteiger partial charge in [-0.1, -0.05) is 51.1 Å². The van der Waals surface area contributed by atoms with E-state index in [1.807, 2.05) is 0 Å². The van der Waals surface area contributed by atoms with Gasteiger partial charge < -0.3 is 4.43 Å². The molecule has 20 heavy (non-hydrogen) atoms. The Morgan fingerprint density at radius 3 is 2.30 bits per heavy atom. The van der Waals surface area contributed by atoms with Crippen molar-refractivity contribution in [3.05, 3.63) is 35.9 Å². The van der Waals surface area contributed by atoms with Crippen LogP contribution >= 0.6 is 0 Å². The van der Waals surface area contributed by atoms with Gasteiger partial charge >= 0.3 is 0 Å². The second kappa shape index (κ2) is 5.62. The van der Waals surface area contributed by atoms with Crippen molar-refractivity contribution in [1.29, 1.82) is 0 Å². The molecule has 0 aromatic heterocycles. The summed E-state index contributed by atoms with van der Waals surface area (Å²) in [7, 11) is -1.61. The second-order valence-electron chi connectivity index (χ2n) is 7.54. The summed E-state index contributed by atoms with van der Waals surface area (Å²) < 4.78 is 6.35. The van der Waals surface area contributed by atoms with Crippen LogP contribution in [-0.4, -0.2) is 31.9 Å². The molecule has 0 radical (unpaired) electrons. The van der Waals surface area contributed by atoms with Gasteiger partial charge in [0.25, 0.3) is 0 Å². The summed E-state index contributed by atoms with van der Waals surface area (Å²) in [6, 6.07) is 12.0. The molecule has 0 N–H and O–H groups in total. The molecule has 1 fully saturated rings. The van der Waals surface area contributed by atoms with Crippen LogP contribution in [0.25, 0.3) is 0 Å². The maximum absolute atomic E-state index is 6.35. The lowest BCUT2D eigenvalue weighted by atomic mass is 10.2. The Morgan fingerprint density at radius 2 is 1.75 bits per heavy atom. The smallest absolute Gasteiger partial charge is 0.192 e. The van der Waals surface area contributed by atoms with Gasteiger partial charge in [0.15, 0.2) is 8.32 Å². The Labute approximate surface area is 125 Å². The molecular weight excluding hydrogens is 262 g/mol. The number of hydrogen-bond donors (Lipinski definition) is 0. The van der Waals surface area contributed by atoms with Crippen LogP contribution in [0.15, 0.2) is 30.3 Å². The summed E-state index contributed by atoms with van der Waals surface area (Å²) in [5.41, 5.74) is 1.40. The summed E-state index contributed by atoms with van der Waals surface area (Å²) in [5, 5.41) is 0.301. The molecule has 2 nitrogen and oxygen atoms in total. The molecule has 2 rings (SSSR count). The normalized spacial score (nSPS) is 26.6. The van der Waals surface area contributed by atoms with Crippen LogP contribution in [0.1, 0.15) is 33.3 Å². The van der Waals surface area contributed by atoms with E-state index in [0.29, 0.717) is 17.1 Å². The predicted octanol–water partition coefficient (Wildman–Crippen LogP) is 4.28. The quantitative estimate of drug-likeness (QED) is 0.593. The van der Waals surface area contributed by atoms with Gasteiger partial charge in [0.2, 0.25) is 0 Å². The molecule has 0 spiro atoms. The van der Waals surface area contributed by atoms with Gasteiger partial charge in [-0.2, -0.15) is 0 Å². The van der Waals surface area contributed by atoms with Crippen LogP contribution in [0.5, 0.6) is 0 Å². The predicted molar refractivity (Wildman–Crippen MR) is 88.4 cm³/mol. The van der Waals surface area contributed by atoms with Crippen LogP contribution in [0, 0.1) is 0 Å². The largest absolute Gasteiger partial charge is 0.415 e. The first-order valence-corrected chi connectivity index (χ1v) is 10.6. The van der Waals surface area contributed by atoms with Crippen LogP contribution < -0.4 is 0 Å². The highest BCUT2D eigenvalue weighted by atomic mass is 28.4. The summed E-state index contributed by atoms with van der Waals surface area (Å²) >= 11 is 0. The van der Waals surface area contributed by atoms with Gasteiger partial charge in [0.05, 0.1) is 6.61 Å². The first-order valence-electron chi connectivity index (χ1n) is 7.66. The Hall–Kier alpha value is -0.643. The van der Waals surface area contributed by atoms with Crippen LogP contribution in [-0.2, 0) is 11.0 Å². The van der Waals surface area contributed by atoms with Crippen molar-refractivity contribution in [2.24, 2.45) is 0 Å². The van der Waals surface area contributed by atoms with Crippen LogP contribution in [0.4, 0.5) is 0 Å². The van der Waals surface area contributed by atoms with Gasteiger partial charge in [-0.3, -0.25) is 4.90 Å². The van der Waals surface area contributed by atoms with E-state index >= 15 is 0 Å². The Bertz CT molecular complexity index is 438. The lowest BCUT2D eigenvalue weighted by molar-refractivity contribution is 0.268. The summed E-state index contributed by atoms with van der Waals surface area (Å²) in [6.45, 7) is 15.8. The molecule has 0 saturated carbocycles. The van der Waals surface area contributed by atoms with E-state index in [1.54, 1.807) is 0 Å². The molecule has 1 unspecified atom stereocenters. The summed E-state index contributed by atoms with van der Waals surface area (Å²) in [5.74, 6) is 0. The van der Waals surface area contributed by atoms with Crippen molar-refractivity contribution in [1.82, 2.24) is 4.90 Å². The molecule has 0 bridgehead atoms. The van der Waals surface area contributed by atoms with Gasteiger partial charge in [0.1, 0.15) is 0 Å². The first kappa shape index (κ1) is 15.7. The van der Waals surface area contributed by atoms with Crippen molar-refractivity contribution in [2.45, 2.75) is 64.5 Å². The third-order valence-electron chi connectivity index (χ3n) is 5.05. The molecular formula is C17H29NOSi. The SMILES string of the molecule is C[C@@H]1[C@@H](CO[Si](C)(C)C(C)(C)C)N1Cc1ccccc1. The molecule has 1 aromatic rings. The third kappa shape index (κ3) is 3.51. The molecule has 1 saturated heterocycles. The lowest BCUT2D eigenvalue weighted by Gasteiger charge is -2.36. The van der Waals surface area contributed by atoms with Gasteiger partial charge in [-0.05, 0) is 30.6 Å². The Morgan fingerprint density at radius 1 is 1.15 bits per heavy atom. The number of hydrogen-bond acceptors (Lipinski definition) is 2. The average molecular weight is 292 g/mol. The van der Waals surface area contributed by atoms with Gasteiger partial charge in [-0.25, -0.2) is 0 Å². The topological polar surface area (TPSA) is 12.2 Å². The standard InChI is InChI=1S/C17H29NOSi/c1-14-16(13-19-20(5,6)17(2,3)4)18(14)12-15-10-8-7-9-11-15/h7-11,14,16H,12-13H2,1-6H3/t14-,16-,18?/m1/s1. The minimum atomic E-state index is -1.61. The lowest BCUT2D eigenvalue weighted by Crippen LogP contribution is -2.42. The minimum Gasteiger partial charge on any atom is -0.415 e. The van der Waals surface area contributed by atoms with Crippen molar-refractivity contribution >= 4 is 8.32 Å². The zero-order valence-corrected chi connectivity index (χ0v) is 14.8. The molecule has 3 heteroatoms. The summed E-state index contributed by atoms with van der Waals surface area (Å²) in [6.07, 6.45) is 0. The zero-order chi connectivity index (χ0) is 15.0. The second-order valence-corrected chi connectivity index (χ2v) is 12.3. The van der Waals surface area contributed by atoms with Crippen molar-refractivity contribution in [3.8, 4) is 0 Å². The number of benzene rings is 1. The fraction of sp³-hybridized carbons (Fsp3) is 0.647. The van der Waals surface area contributed by atoms with Crippen molar-refractivity contribution in [2.75, 3.05) is 6.61 Å². The number of nitrogens with zero attached hydrogens (tertiary/aromatic N) is 1. The number of rotatable bonds is 5. The fourth-order valence-electron chi connectivity index (χ4n) is 2.28. The molecule has 1 heterocycles. The van der Waals surface area contributed by atoms with E-state index in [4.69, 9.17) is 4.43 Å². The molecule has 0 amide bonds. The molecule has 0 aliphatic carbocycles. The molecule has 112 valence electrons. The zero-order valence-electron chi connectivity index (χ0n) is 13.8. The van der Waals surface area contributed by atoms with E-state index < -0.39 is 8.32 Å². The highest BCUT2D eigenvalue weighted by Crippen LogP contribution is 2.38. The Kier molecular flexibility index (Phi) is 4.43. The van der Waals surface area contributed by atoms with E-state index in [-0.39, 0.29) is 0 Å². The van der Waals surface area contributed by atoms with Gasteiger partial charge in [0, 0.05) is 18.6 Å². The molecule has 1 aromatic carbocycles. The van der Waals surface area contributed by atoms with Crippen LogP contribution in [0.2, 0.25) is 18.1 Å². The highest BCUT2D eigenvalue weighted by molar-refractivity contribution is 6.74. The minimum absolute atomic E-state index is 0.301.